The zero-order chi connectivity index (χ0) is 20.8. The van der Waals surface area contributed by atoms with Gasteiger partial charge in [-0.05, 0) is 48.4 Å². The first kappa shape index (κ1) is 20.4. The van der Waals surface area contributed by atoms with Crippen molar-refractivity contribution in [1.29, 1.82) is 0 Å². The summed E-state index contributed by atoms with van der Waals surface area (Å²) in [6.45, 7) is 1.77. The normalized spacial score (nSPS) is 10.9. The molecular weight excluding hydrogens is 396 g/mol. The fourth-order valence-electron chi connectivity index (χ4n) is 2.46. The summed E-state index contributed by atoms with van der Waals surface area (Å²) >= 11 is 6.07. The Kier molecular flexibility index (Phi) is 6.51. The van der Waals surface area contributed by atoms with E-state index in [-0.39, 0.29) is 12.5 Å². The van der Waals surface area contributed by atoms with Crippen LogP contribution >= 0.6 is 11.6 Å². The Morgan fingerprint density at radius 2 is 1.93 bits per heavy atom. The zero-order valence-corrected chi connectivity index (χ0v) is 16.9. The molecule has 0 saturated heterocycles. The summed E-state index contributed by atoms with van der Waals surface area (Å²) < 4.78 is 20.7. The lowest BCUT2D eigenvalue weighted by molar-refractivity contribution is -0.139. The van der Waals surface area contributed by atoms with Crippen LogP contribution in [-0.4, -0.2) is 30.3 Å². The lowest BCUT2D eigenvalue weighted by Gasteiger charge is -2.07. The van der Waals surface area contributed by atoms with Gasteiger partial charge in [0.1, 0.15) is 0 Å². The number of carbonyl (C=O) groups excluding carboxylic acids is 1. The molecule has 2 aromatic carbocycles. The zero-order valence-electron chi connectivity index (χ0n) is 16.1. The highest BCUT2D eigenvalue weighted by molar-refractivity contribution is 6.31. The van der Waals surface area contributed by atoms with Crippen molar-refractivity contribution in [3.8, 4) is 22.9 Å². The number of nitrogens with zero attached hydrogens (tertiary/aromatic N) is 2. The molecular formula is C21H19ClN2O5. The summed E-state index contributed by atoms with van der Waals surface area (Å²) in [7, 11) is 3.10. The maximum atomic E-state index is 11.9. The highest BCUT2D eigenvalue weighted by Crippen LogP contribution is 2.31. The van der Waals surface area contributed by atoms with Crippen molar-refractivity contribution < 1.29 is 23.5 Å². The van der Waals surface area contributed by atoms with E-state index in [1.807, 2.05) is 19.1 Å². The van der Waals surface area contributed by atoms with Crippen LogP contribution in [0.15, 0.2) is 47.0 Å². The summed E-state index contributed by atoms with van der Waals surface area (Å²) in [5.74, 6) is 1.13. The molecule has 0 aliphatic carbocycles. The third-order valence-corrected chi connectivity index (χ3v) is 4.46. The molecule has 0 aliphatic rings. The molecule has 0 atom stereocenters. The van der Waals surface area contributed by atoms with Crippen LogP contribution in [0.1, 0.15) is 17.0 Å². The number of hydrogen-bond donors (Lipinski definition) is 0. The summed E-state index contributed by atoms with van der Waals surface area (Å²) in [5, 5.41) is 4.53. The number of carbonyl (C=O) groups is 1. The Bertz CT molecular complexity index is 1050. The van der Waals surface area contributed by atoms with Crippen LogP contribution in [0.25, 0.3) is 17.5 Å². The molecule has 0 aliphatic heterocycles. The van der Waals surface area contributed by atoms with E-state index < -0.39 is 5.97 Å². The van der Waals surface area contributed by atoms with Crippen molar-refractivity contribution >= 4 is 23.6 Å². The molecule has 1 heterocycles. The minimum absolute atomic E-state index is 0.141. The molecule has 29 heavy (non-hydrogen) atoms. The van der Waals surface area contributed by atoms with E-state index >= 15 is 0 Å². The van der Waals surface area contributed by atoms with Crippen molar-refractivity contribution in [3.05, 3.63) is 64.5 Å². The predicted octanol–water partition coefficient (Wildman–Crippen LogP) is 4.47. The topological polar surface area (TPSA) is 83.7 Å². The Balaban J connectivity index is 1.61. The van der Waals surface area contributed by atoms with Crippen molar-refractivity contribution in [2.45, 2.75) is 13.5 Å². The second-order valence-corrected chi connectivity index (χ2v) is 6.44. The summed E-state index contributed by atoms with van der Waals surface area (Å²) in [6, 6.07) is 10.8. The number of ether oxygens (including phenoxy) is 3. The Morgan fingerprint density at radius 1 is 1.14 bits per heavy atom. The highest BCUT2D eigenvalue weighted by Gasteiger charge is 2.13. The summed E-state index contributed by atoms with van der Waals surface area (Å²) in [6.07, 6.45) is 2.93. The molecule has 0 saturated carbocycles. The maximum absolute atomic E-state index is 11.9. The number of halogens is 1. The monoisotopic (exact) mass is 414 g/mol. The van der Waals surface area contributed by atoms with Crippen LogP contribution in [-0.2, 0) is 16.1 Å². The van der Waals surface area contributed by atoms with Crippen molar-refractivity contribution in [2.24, 2.45) is 0 Å². The van der Waals surface area contributed by atoms with Crippen LogP contribution in [0.3, 0.4) is 0 Å². The predicted molar refractivity (Wildman–Crippen MR) is 108 cm³/mol. The second-order valence-electron chi connectivity index (χ2n) is 6.03. The Morgan fingerprint density at radius 3 is 2.66 bits per heavy atom. The van der Waals surface area contributed by atoms with Crippen LogP contribution in [0.4, 0.5) is 0 Å². The molecule has 0 N–H and O–H groups in total. The fourth-order valence-corrected chi connectivity index (χ4v) is 2.65. The molecule has 0 spiro atoms. The minimum atomic E-state index is -0.535. The first-order valence-corrected chi connectivity index (χ1v) is 9.04. The van der Waals surface area contributed by atoms with E-state index in [0.29, 0.717) is 27.9 Å². The van der Waals surface area contributed by atoms with E-state index in [0.717, 1.165) is 11.1 Å². The van der Waals surface area contributed by atoms with Gasteiger partial charge in [0.2, 0.25) is 5.82 Å². The molecule has 3 aromatic rings. The van der Waals surface area contributed by atoms with Gasteiger partial charge < -0.3 is 18.7 Å². The van der Waals surface area contributed by atoms with Gasteiger partial charge in [0.15, 0.2) is 18.1 Å². The van der Waals surface area contributed by atoms with E-state index in [4.69, 9.17) is 30.3 Å². The third-order valence-electron chi connectivity index (χ3n) is 4.06. The van der Waals surface area contributed by atoms with E-state index in [1.54, 1.807) is 44.6 Å². The van der Waals surface area contributed by atoms with Crippen LogP contribution in [0, 0.1) is 6.92 Å². The van der Waals surface area contributed by atoms with Crippen LogP contribution < -0.4 is 9.47 Å². The molecule has 8 heteroatoms. The smallest absolute Gasteiger partial charge is 0.331 e. The first-order chi connectivity index (χ1) is 14.0. The molecule has 0 amide bonds. The number of hydrogen-bond acceptors (Lipinski definition) is 7. The Labute approximate surface area is 172 Å². The Hall–Kier alpha value is -3.32. The molecule has 0 unspecified atom stereocenters. The summed E-state index contributed by atoms with van der Waals surface area (Å²) in [5.41, 5.74) is 2.44. The SMILES string of the molecule is COc1ccc(-c2noc(COC(=O)/C=C/c3ccc(C)c(Cl)c3)n2)cc1OC. The summed E-state index contributed by atoms with van der Waals surface area (Å²) in [4.78, 5) is 16.1. The van der Waals surface area contributed by atoms with Crippen molar-refractivity contribution in [3.63, 3.8) is 0 Å². The second kappa shape index (κ2) is 9.25. The average molecular weight is 415 g/mol. The van der Waals surface area contributed by atoms with Gasteiger partial charge in [-0.25, -0.2) is 4.79 Å². The van der Waals surface area contributed by atoms with Gasteiger partial charge in [-0.1, -0.05) is 28.9 Å². The number of benzene rings is 2. The lowest BCUT2D eigenvalue weighted by Crippen LogP contribution is -2.01. The fraction of sp³-hybridized carbons (Fsp3) is 0.190. The molecule has 150 valence electrons. The maximum Gasteiger partial charge on any atom is 0.331 e. The average Bonchev–Trinajstić information content (AvgIpc) is 3.21. The van der Waals surface area contributed by atoms with Gasteiger partial charge in [-0.15, -0.1) is 0 Å². The molecule has 1 aromatic heterocycles. The van der Waals surface area contributed by atoms with Crippen molar-refractivity contribution in [1.82, 2.24) is 10.1 Å². The number of esters is 1. The van der Waals surface area contributed by atoms with Crippen LogP contribution in [0.2, 0.25) is 5.02 Å². The minimum Gasteiger partial charge on any atom is -0.493 e. The standard InChI is InChI=1S/C21H19ClN2O5/c1-13-4-5-14(10-16(13)22)6-9-20(25)28-12-19-23-21(24-29-19)15-7-8-17(26-2)18(11-15)27-3/h4-11H,12H2,1-3H3/b9-6+. The number of aromatic nitrogens is 2. The molecule has 7 nitrogen and oxygen atoms in total. The van der Waals surface area contributed by atoms with Crippen molar-refractivity contribution in [2.75, 3.05) is 14.2 Å². The number of rotatable bonds is 7. The van der Waals surface area contributed by atoms with Gasteiger partial charge in [0.25, 0.3) is 5.89 Å². The highest BCUT2D eigenvalue weighted by atomic mass is 35.5. The molecule has 0 bridgehead atoms. The van der Waals surface area contributed by atoms with Gasteiger partial charge in [0, 0.05) is 16.7 Å². The van der Waals surface area contributed by atoms with E-state index in [2.05, 4.69) is 10.1 Å². The molecule has 0 radical (unpaired) electrons. The van der Waals surface area contributed by atoms with Crippen LogP contribution in [0.5, 0.6) is 11.5 Å². The largest absolute Gasteiger partial charge is 0.493 e. The van der Waals surface area contributed by atoms with Gasteiger partial charge in [-0.2, -0.15) is 4.98 Å². The first-order valence-electron chi connectivity index (χ1n) is 8.66. The number of methoxy groups -OCH3 is 2. The van der Waals surface area contributed by atoms with Gasteiger partial charge in [-0.3, -0.25) is 0 Å². The van der Waals surface area contributed by atoms with E-state index in [9.17, 15) is 4.79 Å². The van der Waals surface area contributed by atoms with Gasteiger partial charge >= 0.3 is 5.97 Å². The van der Waals surface area contributed by atoms with Gasteiger partial charge in [0.05, 0.1) is 14.2 Å². The van der Waals surface area contributed by atoms with E-state index in [1.165, 1.54) is 6.08 Å². The quantitative estimate of drug-likeness (QED) is 0.416. The number of aryl methyl sites for hydroxylation is 1. The molecule has 3 rings (SSSR count). The molecule has 0 fully saturated rings. The lowest BCUT2D eigenvalue weighted by atomic mass is 10.1. The third kappa shape index (κ3) is 5.14.